The van der Waals surface area contributed by atoms with Crippen LogP contribution in [0.1, 0.15) is 11.8 Å². The number of guanidine groups is 1. The van der Waals surface area contributed by atoms with E-state index in [1.165, 1.54) is 4.88 Å². The van der Waals surface area contributed by atoms with Gasteiger partial charge in [-0.25, -0.2) is 0 Å². The van der Waals surface area contributed by atoms with E-state index in [9.17, 15) is 0 Å². The first-order valence-corrected chi connectivity index (χ1v) is 7.25. The third-order valence-corrected chi connectivity index (χ3v) is 4.12. The van der Waals surface area contributed by atoms with E-state index in [1.807, 2.05) is 19.1 Å². The van der Waals surface area contributed by atoms with Gasteiger partial charge >= 0.3 is 0 Å². The molecule has 0 amide bonds. The van der Waals surface area contributed by atoms with Gasteiger partial charge < -0.3 is 15.4 Å². The molecule has 0 saturated carbocycles. The van der Waals surface area contributed by atoms with Gasteiger partial charge in [-0.1, -0.05) is 11.6 Å². The van der Waals surface area contributed by atoms with Crippen LogP contribution in [0.3, 0.4) is 0 Å². The van der Waals surface area contributed by atoms with Crippen molar-refractivity contribution in [2.45, 2.75) is 19.4 Å². The fourth-order valence-corrected chi connectivity index (χ4v) is 2.97. The third kappa shape index (κ3) is 5.45. The van der Waals surface area contributed by atoms with Crippen LogP contribution in [0.4, 0.5) is 0 Å². The van der Waals surface area contributed by atoms with Gasteiger partial charge in [-0.3, -0.25) is 4.99 Å². The summed E-state index contributed by atoms with van der Waals surface area (Å²) in [5.41, 5.74) is 5.98. The van der Waals surface area contributed by atoms with Gasteiger partial charge in [0.1, 0.15) is 0 Å². The maximum Gasteiger partial charge on any atom is 0.191 e. The summed E-state index contributed by atoms with van der Waals surface area (Å²) in [5, 5.41) is 0. The Labute approximate surface area is 140 Å². The summed E-state index contributed by atoms with van der Waals surface area (Å²) in [6.07, 6.45) is 1.11. The molecule has 1 aliphatic rings. The van der Waals surface area contributed by atoms with Gasteiger partial charge in [0.05, 0.1) is 17.0 Å². The second-order valence-electron chi connectivity index (χ2n) is 4.32. The standard InChI is InChI=1S/C12H18ClN3OS.HI/c1-9-8-16(6-7-17-9)12(14)15-5-4-10-2-3-11(13)18-10;/h2-3,9H,4-8H2,1H3,(H2,14,15);1H. The van der Waals surface area contributed by atoms with Crippen molar-refractivity contribution in [1.82, 2.24) is 4.90 Å². The summed E-state index contributed by atoms with van der Waals surface area (Å²) >= 11 is 7.47. The largest absolute Gasteiger partial charge is 0.375 e. The Morgan fingerprint density at radius 2 is 2.42 bits per heavy atom. The minimum atomic E-state index is 0. The van der Waals surface area contributed by atoms with E-state index in [0.717, 1.165) is 30.5 Å². The van der Waals surface area contributed by atoms with Crippen molar-refractivity contribution in [2.75, 3.05) is 26.2 Å². The average Bonchev–Trinajstić information content (AvgIpc) is 2.75. The van der Waals surface area contributed by atoms with Crippen molar-refractivity contribution in [3.63, 3.8) is 0 Å². The summed E-state index contributed by atoms with van der Waals surface area (Å²) in [7, 11) is 0. The molecule has 0 aliphatic carbocycles. The van der Waals surface area contributed by atoms with E-state index >= 15 is 0 Å². The van der Waals surface area contributed by atoms with Crippen molar-refractivity contribution < 1.29 is 4.74 Å². The predicted molar refractivity (Wildman–Crippen MR) is 91.9 cm³/mol. The molecule has 1 atom stereocenters. The fraction of sp³-hybridized carbons (Fsp3) is 0.583. The molecule has 0 bridgehead atoms. The van der Waals surface area contributed by atoms with Crippen molar-refractivity contribution in [1.29, 1.82) is 0 Å². The molecule has 4 nitrogen and oxygen atoms in total. The average molecular weight is 416 g/mol. The van der Waals surface area contributed by atoms with Crippen molar-refractivity contribution in [3.8, 4) is 0 Å². The summed E-state index contributed by atoms with van der Waals surface area (Å²) in [5.74, 6) is 0.618. The number of nitrogens with zero attached hydrogens (tertiary/aromatic N) is 2. The van der Waals surface area contributed by atoms with E-state index < -0.39 is 0 Å². The quantitative estimate of drug-likeness (QED) is 0.469. The predicted octanol–water partition coefficient (Wildman–Crippen LogP) is 2.60. The molecule has 19 heavy (non-hydrogen) atoms. The van der Waals surface area contributed by atoms with Gasteiger partial charge in [0.2, 0.25) is 0 Å². The molecule has 1 unspecified atom stereocenters. The molecule has 2 N–H and O–H groups in total. The Bertz CT molecular complexity index is 427. The summed E-state index contributed by atoms with van der Waals surface area (Å²) < 4.78 is 6.29. The van der Waals surface area contributed by atoms with Crippen molar-refractivity contribution in [3.05, 3.63) is 21.3 Å². The number of morpholine rings is 1. The molecular weight excluding hydrogens is 397 g/mol. The molecule has 1 aliphatic heterocycles. The van der Waals surface area contributed by atoms with E-state index in [1.54, 1.807) is 11.3 Å². The van der Waals surface area contributed by atoms with Crippen LogP contribution in [0, 0.1) is 0 Å². The molecule has 2 rings (SSSR count). The molecule has 0 spiro atoms. The van der Waals surface area contributed by atoms with Crippen LogP contribution < -0.4 is 5.73 Å². The van der Waals surface area contributed by atoms with Crippen molar-refractivity contribution in [2.24, 2.45) is 10.7 Å². The zero-order valence-corrected chi connectivity index (χ0v) is 14.7. The maximum atomic E-state index is 5.98. The number of ether oxygens (including phenoxy) is 1. The molecule has 1 aromatic heterocycles. The number of hydrogen-bond acceptors (Lipinski definition) is 3. The molecule has 1 fully saturated rings. The van der Waals surface area contributed by atoms with E-state index in [4.69, 9.17) is 22.1 Å². The monoisotopic (exact) mass is 415 g/mol. The normalized spacial score (nSPS) is 20.2. The zero-order chi connectivity index (χ0) is 13.0. The van der Waals surface area contributed by atoms with Gasteiger partial charge in [-0.2, -0.15) is 0 Å². The van der Waals surface area contributed by atoms with Crippen molar-refractivity contribution >= 4 is 52.9 Å². The van der Waals surface area contributed by atoms with Crippen LogP contribution in [-0.2, 0) is 11.2 Å². The number of rotatable bonds is 3. The Balaban J connectivity index is 0.00000180. The maximum absolute atomic E-state index is 5.98. The second-order valence-corrected chi connectivity index (χ2v) is 6.12. The number of thiophene rings is 1. The first kappa shape index (κ1) is 17.0. The Kier molecular flexibility index (Phi) is 7.41. The van der Waals surface area contributed by atoms with Crippen LogP contribution in [0.25, 0.3) is 0 Å². The highest BCUT2D eigenvalue weighted by Crippen LogP contribution is 2.21. The molecule has 0 radical (unpaired) electrons. The van der Waals surface area contributed by atoms with E-state index in [2.05, 4.69) is 9.89 Å². The fourth-order valence-electron chi connectivity index (χ4n) is 1.89. The number of aliphatic imine (C=N–C) groups is 1. The summed E-state index contributed by atoms with van der Waals surface area (Å²) in [6, 6.07) is 3.95. The molecule has 0 aromatic carbocycles. The Morgan fingerprint density at radius 1 is 1.63 bits per heavy atom. The smallest absolute Gasteiger partial charge is 0.191 e. The molecule has 1 aromatic rings. The Morgan fingerprint density at radius 3 is 3.05 bits per heavy atom. The highest BCUT2D eigenvalue weighted by atomic mass is 127. The van der Waals surface area contributed by atoms with E-state index in [-0.39, 0.29) is 30.1 Å². The zero-order valence-electron chi connectivity index (χ0n) is 10.8. The molecule has 7 heteroatoms. The third-order valence-electron chi connectivity index (χ3n) is 2.83. The number of nitrogens with two attached hydrogens (primary N) is 1. The van der Waals surface area contributed by atoms with Crippen LogP contribution in [0.5, 0.6) is 0 Å². The lowest BCUT2D eigenvalue weighted by Crippen LogP contribution is -2.47. The first-order valence-electron chi connectivity index (χ1n) is 6.06. The van der Waals surface area contributed by atoms with Gasteiger partial charge in [0.25, 0.3) is 0 Å². The minimum Gasteiger partial charge on any atom is -0.375 e. The van der Waals surface area contributed by atoms with Gasteiger partial charge in [-0.05, 0) is 19.1 Å². The molecule has 2 heterocycles. The first-order chi connectivity index (χ1) is 8.65. The topological polar surface area (TPSA) is 50.8 Å². The SMILES string of the molecule is CC1CN(C(N)=NCCc2ccc(Cl)s2)CCO1.I. The lowest BCUT2D eigenvalue weighted by molar-refractivity contribution is 0.00530. The van der Waals surface area contributed by atoms with Gasteiger partial charge in [0.15, 0.2) is 5.96 Å². The van der Waals surface area contributed by atoms with Crippen LogP contribution in [0.15, 0.2) is 17.1 Å². The molecular formula is C12H19ClIN3OS. The lowest BCUT2D eigenvalue weighted by Gasteiger charge is -2.31. The Hall–Kier alpha value is -0.0500. The van der Waals surface area contributed by atoms with Crippen LogP contribution in [-0.4, -0.2) is 43.2 Å². The number of hydrogen-bond donors (Lipinski definition) is 1. The van der Waals surface area contributed by atoms with Gasteiger partial charge in [-0.15, -0.1) is 35.3 Å². The second kappa shape index (κ2) is 8.28. The van der Waals surface area contributed by atoms with Crippen LogP contribution >= 0.6 is 46.9 Å². The highest BCUT2D eigenvalue weighted by Gasteiger charge is 2.17. The highest BCUT2D eigenvalue weighted by molar-refractivity contribution is 14.0. The van der Waals surface area contributed by atoms with Gasteiger partial charge in [0, 0.05) is 30.9 Å². The minimum absolute atomic E-state index is 0. The summed E-state index contributed by atoms with van der Waals surface area (Å²) in [4.78, 5) is 7.74. The van der Waals surface area contributed by atoms with Crippen LogP contribution in [0.2, 0.25) is 4.34 Å². The molecule has 108 valence electrons. The lowest BCUT2D eigenvalue weighted by atomic mass is 10.3. The number of halogens is 2. The molecule has 1 saturated heterocycles. The van der Waals surface area contributed by atoms with E-state index in [0.29, 0.717) is 12.5 Å². The summed E-state index contributed by atoms with van der Waals surface area (Å²) in [6.45, 7) is 5.12.